The molecule has 0 aliphatic heterocycles. The van der Waals surface area contributed by atoms with Crippen LogP contribution in [0.2, 0.25) is 0 Å². The molecule has 0 aliphatic rings. The molecule has 0 fully saturated rings. The van der Waals surface area contributed by atoms with Crippen molar-refractivity contribution in [2.45, 2.75) is 11.8 Å². The van der Waals surface area contributed by atoms with Gasteiger partial charge in [-0.3, -0.25) is 9.54 Å². The van der Waals surface area contributed by atoms with Crippen LogP contribution in [0.1, 0.15) is 5.56 Å². The summed E-state index contributed by atoms with van der Waals surface area (Å²) in [5.74, 6) is 0. The lowest BCUT2D eigenvalue weighted by Crippen LogP contribution is -2.00. The number of fused-ring (bicyclic) bond motifs is 1. The molecule has 0 atom stereocenters. The van der Waals surface area contributed by atoms with E-state index in [1.165, 1.54) is 12.3 Å². The van der Waals surface area contributed by atoms with Crippen LogP contribution in [0, 0.1) is 6.92 Å². The van der Waals surface area contributed by atoms with Crippen molar-refractivity contribution in [2.24, 2.45) is 0 Å². The van der Waals surface area contributed by atoms with Gasteiger partial charge in [-0.15, -0.1) is 0 Å². The molecule has 0 unspecified atom stereocenters. The van der Waals surface area contributed by atoms with Crippen LogP contribution in [0.5, 0.6) is 0 Å². The number of pyridine rings is 1. The molecule has 2 rings (SSSR count). The number of benzene rings is 1. The molecule has 0 aliphatic carbocycles. The maximum Gasteiger partial charge on any atom is 0.296 e. The van der Waals surface area contributed by atoms with Crippen LogP contribution in [-0.4, -0.2) is 18.0 Å². The molecule has 1 heterocycles. The molecule has 4 nitrogen and oxygen atoms in total. The van der Waals surface area contributed by atoms with E-state index in [-0.39, 0.29) is 4.90 Å². The minimum absolute atomic E-state index is 0.149. The van der Waals surface area contributed by atoms with Crippen LogP contribution in [0.3, 0.4) is 0 Å². The highest BCUT2D eigenvalue weighted by atomic mass is 32.2. The van der Waals surface area contributed by atoms with Crippen LogP contribution in [0.15, 0.2) is 35.4 Å². The van der Waals surface area contributed by atoms with Gasteiger partial charge < -0.3 is 0 Å². The zero-order chi connectivity index (χ0) is 11.1. The molecule has 1 aromatic carbocycles. The van der Waals surface area contributed by atoms with Gasteiger partial charge >= 0.3 is 0 Å². The lowest BCUT2D eigenvalue weighted by molar-refractivity contribution is 0.484. The zero-order valence-corrected chi connectivity index (χ0v) is 8.82. The molecule has 0 amide bonds. The fourth-order valence-corrected chi connectivity index (χ4v) is 2.14. The zero-order valence-electron chi connectivity index (χ0n) is 8.01. The fraction of sp³-hybridized carbons (Fsp3) is 0.100. The van der Waals surface area contributed by atoms with Crippen LogP contribution < -0.4 is 0 Å². The van der Waals surface area contributed by atoms with E-state index in [1.54, 1.807) is 18.2 Å². The molecule has 0 saturated heterocycles. The topological polar surface area (TPSA) is 67.3 Å². The van der Waals surface area contributed by atoms with Gasteiger partial charge in [0.2, 0.25) is 0 Å². The summed E-state index contributed by atoms with van der Waals surface area (Å²) < 4.78 is 31.2. The third-order valence-corrected chi connectivity index (χ3v) is 3.11. The standard InChI is InChI=1S/C10H9NO3S/c1-7-4-5-9(15(12,13)14)10-8(7)3-2-6-11-10/h2-6H,1H3,(H,12,13,14). The van der Waals surface area contributed by atoms with Gasteiger partial charge in [0.05, 0.1) is 5.52 Å². The molecule has 0 bridgehead atoms. The van der Waals surface area contributed by atoms with Crippen LogP contribution in [0.25, 0.3) is 10.9 Å². The number of hydrogen-bond donors (Lipinski definition) is 1. The lowest BCUT2D eigenvalue weighted by atomic mass is 10.1. The van der Waals surface area contributed by atoms with E-state index < -0.39 is 10.1 Å². The molecule has 5 heteroatoms. The van der Waals surface area contributed by atoms with E-state index in [0.717, 1.165) is 10.9 Å². The first-order chi connectivity index (χ1) is 7.00. The Kier molecular flexibility index (Phi) is 2.21. The Hall–Kier alpha value is -1.46. The van der Waals surface area contributed by atoms with Gasteiger partial charge in [0.25, 0.3) is 10.1 Å². The normalized spacial score (nSPS) is 11.9. The van der Waals surface area contributed by atoms with Crippen molar-refractivity contribution in [1.82, 2.24) is 4.98 Å². The summed E-state index contributed by atoms with van der Waals surface area (Å²) in [6.07, 6.45) is 1.50. The molecule has 0 saturated carbocycles. The summed E-state index contributed by atoms with van der Waals surface area (Å²) in [4.78, 5) is 3.82. The van der Waals surface area contributed by atoms with E-state index in [1.807, 2.05) is 6.92 Å². The van der Waals surface area contributed by atoms with Gasteiger partial charge in [0, 0.05) is 11.6 Å². The first kappa shape index (κ1) is 10.1. The van der Waals surface area contributed by atoms with Crippen molar-refractivity contribution in [1.29, 1.82) is 0 Å². The third kappa shape index (κ3) is 1.71. The minimum atomic E-state index is -4.21. The molecular formula is C10H9NO3S. The monoisotopic (exact) mass is 223 g/mol. The summed E-state index contributed by atoms with van der Waals surface area (Å²) in [6, 6.07) is 6.50. The largest absolute Gasteiger partial charge is 0.296 e. The maximum absolute atomic E-state index is 11.1. The fourth-order valence-electron chi connectivity index (χ4n) is 1.50. The highest BCUT2D eigenvalue weighted by Gasteiger charge is 2.15. The summed E-state index contributed by atoms with van der Waals surface area (Å²) in [6.45, 7) is 1.86. The second kappa shape index (κ2) is 3.29. The number of aryl methyl sites for hydroxylation is 1. The number of aromatic nitrogens is 1. The van der Waals surface area contributed by atoms with Gasteiger partial charge in [-0.1, -0.05) is 12.1 Å². The Balaban J connectivity index is 2.96. The predicted octanol–water partition coefficient (Wildman–Crippen LogP) is 1.79. The first-order valence-electron chi connectivity index (χ1n) is 4.32. The van der Waals surface area contributed by atoms with E-state index in [9.17, 15) is 8.42 Å². The minimum Gasteiger partial charge on any atom is -0.282 e. The predicted molar refractivity (Wildman–Crippen MR) is 56.3 cm³/mol. The SMILES string of the molecule is Cc1ccc(S(=O)(=O)O)c2ncccc12. The smallest absolute Gasteiger partial charge is 0.282 e. The Bertz CT molecular complexity index is 620. The summed E-state index contributed by atoms with van der Waals surface area (Å²) in [5, 5.41) is 0.729. The second-order valence-electron chi connectivity index (χ2n) is 3.26. The van der Waals surface area contributed by atoms with Crippen molar-refractivity contribution >= 4 is 21.0 Å². The average Bonchev–Trinajstić information content (AvgIpc) is 2.17. The number of rotatable bonds is 1. The molecule has 1 N–H and O–H groups in total. The summed E-state index contributed by atoms with van der Waals surface area (Å²) in [7, 11) is -4.21. The van der Waals surface area contributed by atoms with Gasteiger partial charge in [0.1, 0.15) is 4.90 Å². The molecule has 1 aromatic heterocycles. The van der Waals surface area contributed by atoms with Crippen LogP contribution >= 0.6 is 0 Å². The highest BCUT2D eigenvalue weighted by Crippen LogP contribution is 2.23. The van der Waals surface area contributed by atoms with E-state index in [0.29, 0.717) is 5.52 Å². The van der Waals surface area contributed by atoms with Crippen LogP contribution in [-0.2, 0) is 10.1 Å². The maximum atomic E-state index is 11.1. The van der Waals surface area contributed by atoms with Crippen molar-refractivity contribution in [3.63, 3.8) is 0 Å². The summed E-state index contributed by atoms with van der Waals surface area (Å²) >= 11 is 0. The van der Waals surface area contributed by atoms with Crippen LogP contribution in [0.4, 0.5) is 0 Å². The Morgan fingerprint density at radius 2 is 2.00 bits per heavy atom. The molecule has 78 valence electrons. The molecular weight excluding hydrogens is 214 g/mol. The third-order valence-electron chi connectivity index (χ3n) is 2.23. The highest BCUT2D eigenvalue weighted by molar-refractivity contribution is 7.86. The molecule has 0 radical (unpaired) electrons. The van der Waals surface area contributed by atoms with E-state index >= 15 is 0 Å². The number of nitrogens with zero attached hydrogens (tertiary/aromatic N) is 1. The molecule has 15 heavy (non-hydrogen) atoms. The van der Waals surface area contributed by atoms with Crippen molar-refractivity contribution in [3.05, 3.63) is 36.0 Å². The quantitative estimate of drug-likeness (QED) is 0.748. The molecule has 0 spiro atoms. The number of hydrogen-bond acceptors (Lipinski definition) is 3. The lowest BCUT2D eigenvalue weighted by Gasteiger charge is -2.04. The second-order valence-corrected chi connectivity index (χ2v) is 4.65. The Labute approximate surface area is 87.3 Å². The van der Waals surface area contributed by atoms with Crippen molar-refractivity contribution < 1.29 is 13.0 Å². The first-order valence-corrected chi connectivity index (χ1v) is 5.76. The van der Waals surface area contributed by atoms with Crippen molar-refractivity contribution in [2.75, 3.05) is 0 Å². The Morgan fingerprint density at radius 1 is 1.27 bits per heavy atom. The van der Waals surface area contributed by atoms with E-state index in [2.05, 4.69) is 4.98 Å². The Morgan fingerprint density at radius 3 is 2.67 bits per heavy atom. The molecule has 2 aromatic rings. The van der Waals surface area contributed by atoms with Crippen molar-refractivity contribution in [3.8, 4) is 0 Å². The van der Waals surface area contributed by atoms with E-state index in [4.69, 9.17) is 4.55 Å². The summed E-state index contributed by atoms with van der Waals surface area (Å²) in [5.41, 5.74) is 1.23. The van der Waals surface area contributed by atoms with Gasteiger partial charge in [-0.2, -0.15) is 8.42 Å². The average molecular weight is 223 g/mol. The van der Waals surface area contributed by atoms with Gasteiger partial charge in [-0.05, 0) is 24.6 Å². The van der Waals surface area contributed by atoms with Gasteiger partial charge in [0.15, 0.2) is 0 Å². The van der Waals surface area contributed by atoms with Gasteiger partial charge in [-0.25, -0.2) is 0 Å².